The summed E-state index contributed by atoms with van der Waals surface area (Å²) in [6, 6.07) is 5.29. The highest BCUT2D eigenvalue weighted by molar-refractivity contribution is 9.10. The van der Waals surface area contributed by atoms with Crippen LogP contribution in [0.3, 0.4) is 0 Å². The Labute approximate surface area is 127 Å². The number of hydrogen-bond donors (Lipinski definition) is 1. The molecule has 0 amide bonds. The summed E-state index contributed by atoms with van der Waals surface area (Å²) >= 11 is 3.52. The van der Waals surface area contributed by atoms with E-state index in [1.165, 1.54) is 0 Å². The molecule has 1 unspecified atom stereocenters. The van der Waals surface area contributed by atoms with Gasteiger partial charge in [0.05, 0.1) is 22.4 Å². The van der Waals surface area contributed by atoms with Crippen molar-refractivity contribution in [2.75, 3.05) is 6.54 Å². The molecule has 0 aliphatic heterocycles. The number of nitrogens with zero attached hydrogens (tertiary/aromatic N) is 2. The summed E-state index contributed by atoms with van der Waals surface area (Å²) < 4.78 is 17.2. The molecule has 1 aromatic heterocycles. The van der Waals surface area contributed by atoms with E-state index >= 15 is 0 Å². The lowest BCUT2D eigenvalue weighted by Crippen LogP contribution is -2.26. The molecule has 2 aromatic rings. The third kappa shape index (κ3) is 2.79. The number of halogens is 2. The summed E-state index contributed by atoms with van der Waals surface area (Å²) in [5.41, 5.74) is 2.27. The standard InChI is InChI=1S/C15H19BrFN3/c1-4-18-14(11-8-6-7-10(3)13(11)17)15-12(16)9-19-20(15)5-2/h6-9,14,18H,4-5H2,1-3H3. The van der Waals surface area contributed by atoms with Gasteiger partial charge in [-0.2, -0.15) is 5.10 Å². The maximum Gasteiger partial charge on any atom is 0.131 e. The fraction of sp³-hybridized carbons (Fsp3) is 0.400. The van der Waals surface area contributed by atoms with Crippen molar-refractivity contribution in [3.05, 3.63) is 51.5 Å². The molecule has 3 nitrogen and oxygen atoms in total. The van der Waals surface area contributed by atoms with Crippen molar-refractivity contribution in [2.24, 2.45) is 0 Å². The summed E-state index contributed by atoms with van der Waals surface area (Å²) in [4.78, 5) is 0. The van der Waals surface area contributed by atoms with Crippen molar-refractivity contribution in [3.63, 3.8) is 0 Å². The molecule has 1 heterocycles. The van der Waals surface area contributed by atoms with Crippen molar-refractivity contribution < 1.29 is 4.39 Å². The third-order valence-corrected chi connectivity index (χ3v) is 3.96. The minimum atomic E-state index is -0.211. The number of nitrogens with one attached hydrogen (secondary N) is 1. The molecule has 0 spiro atoms. The predicted molar refractivity (Wildman–Crippen MR) is 82.3 cm³/mol. The Morgan fingerprint density at radius 2 is 2.15 bits per heavy atom. The Kier molecular flexibility index (Phi) is 4.94. The first-order chi connectivity index (χ1) is 9.60. The lowest BCUT2D eigenvalue weighted by molar-refractivity contribution is 0.512. The van der Waals surface area contributed by atoms with Crippen LogP contribution in [0, 0.1) is 12.7 Å². The summed E-state index contributed by atoms with van der Waals surface area (Å²) in [6.07, 6.45) is 1.76. The monoisotopic (exact) mass is 339 g/mol. The smallest absolute Gasteiger partial charge is 0.131 e. The number of aryl methyl sites for hydroxylation is 2. The first-order valence-corrected chi connectivity index (χ1v) is 7.59. The van der Waals surface area contributed by atoms with Crippen molar-refractivity contribution in [3.8, 4) is 0 Å². The van der Waals surface area contributed by atoms with Gasteiger partial charge in [0.2, 0.25) is 0 Å². The first kappa shape index (κ1) is 15.2. The quantitative estimate of drug-likeness (QED) is 0.897. The zero-order valence-electron chi connectivity index (χ0n) is 12.0. The Hall–Kier alpha value is -1.20. The Bertz CT molecular complexity index is 595. The zero-order valence-corrected chi connectivity index (χ0v) is 13.5. The molecule has 1 N–H and O–H groups in total. The maximum absolute atomic E-state index is 14.4. The molecule has 1 atom stereocenters. The van der Waals surface area contributed by atoms with E-state index in [1.54, 1.807) is 19.2 Å². The highest BCUT2D eigenvalue weighted by Gasteiger charge is 2.23. The van der Waals surface area contributed by atoms with E-state index in [0.29, 0.717) is 11.1 Å². The van der Waals surface area contributed by atoms with Gasteiger partial charge in [0, 0.05) is 12.1 Å². The highest BCUT2D eigenvalue weighted by Crippen LogP contribution is 2.30. The van der Waals surface area contributed by atoms with Crippen molar-refractivity contribution in [1.82, 2.24) is 15.1 Å². The molecule has 0 saturated heterocycles. The van der Waals surface area contributed by atoms with E-state index in [9.17, 15) is 4.39 Å². The van der Waals surface area contributed by atoms with Crippen LogP contribution in [0.2, 0.25) is 0 Å². The lowest BCUT2D eigenvalue weighted by Gasteiger charge is -2.21. The summed E-state index contributed by atoms with van der Waals surface area (Å²) in [5.74, 6) is -0.158. The minimum Gasteiger partial charge on any atom is -0.305 e. The third-order valence-electron chi connectivity index (χ3n) is 3.35. The second-order valence-corrected chi connectivity index (χ2v) is 5.52. The molecule has 5 heteroatoms. The SMILES string of the molecule is CCNC(c1cccc(C)c1F)c1c(Br)cnn1CC. The average Bonchev–Trinajstić information content (AvgIpc) is 2.81. The molecule has 0 aliphatic carbocycles. The maximum atomic E-state index is 14.4. The fourth-order valence-corrected chi connectivity index (χ4v) is 2.89. The van der Waals surface area contributed by atoms with Gasteiger partial charge >= 0.3 is 0 Å². The molecular weight excluding hydrogens is 321 g/mol. The van der Waals surface area contributed by atoms with E-state index in [4.69, 9.17) is 0 Å². The van der Waals surface area contributed by atoms with Crippen LogP contribution in [0.15, 0.2) is 28.9 Å². The normalized spacial score (nSPS) is 12.7. The number of benzene rings is 1. The van der Waals surface area contributed by atoms with E-state index in [2.05, 4.69) is 26.3 Å². The van der Waals surface area contributed by atoms with Gasteiger partial charge in [-0.15, -0.1) is 0 Å². The molecule has 0 radical (unpaired) electrons. The van der Waals surface area contributed by atoms with Crippen LogP contribution in [0.4, 0.5) is 4.39 Å². The number of hydrogen-bond acceptors (Lipinski definition) is 2. The number of aromatic nitrogens is 2. The van der Waals surface area contributed by atoms with Gasteiger partial charge in [-0.25, -0.2) is 4.39 Å². The van der Waals surface area contributed by atoms with E-state index < -0.39 is 0 Å². The van der Waals surface area contributed by atoms with E-state index in [-0.39, 0.29) is 11.9 Å². The predicted octanol–water partition coefficient (Wildman–Crippen LogP) is 3.81. The largest absolute Gasteiger partial charge is 0.305 e. The van der Waals surface area contributed by atoms with Gasteiger partial charge < -0.3 is 5.32 Å². The van der Waals surface area contributed by atoms with Crippen LogP contribution in [0.5, 0.6) is 0 Å². The van der Waals surface area contributed by atoms with E-state index in [0.717, 1.165) is 23.3 Å². The van der Waals surface area contributed by atoms with Crippen LogP contribution < -0.4 is 5.32 Å². The van der Waals surface area contributed by atoms with E-state index in [1.807, 2.05) is 30.7 Å². The molecule has 108 valence electrons. The van der Waals surface area contributed by atoms with Gasteiger partial charge in [0.1, 0.15) is 5.82 Å². The number of rotatable bonds is 5. The van der Waals surface area contributed by atoms with Gasteiger partial charge in [0.25, 0.3) is 0 Å². The molecule has 0 fully saturated rings. The summed E-state index contributed by atoms with van der Waals surface area (Å²) in [5, 5.41) is 7.68. The molecule has 0 bridgehead atoms. The minimum absolute atomic E-state index is 0.158. The van der Waals surface area contributed by atoms with Gasteiger partial charge in [-0.1, -0.05) is 25.1 Å². The molecule has 0 aliphatic rings. The Balaban J connectivity index is 2.56. The van der Waals surface area contributed by atoms with Gasteiger partial charge in [-0.3, -0.25) is 4.68 Å². The topological polar surface area (TPSA) is 29.9 Å². The summed E-state index contributed by atoms with van der Waals surface area (Å²) in [6.45, 7) is 7.32. The van der Waals surface area contributed by atoms with Crippen molar-refractivity contribution in [2.45, 2.75) is 33.4 Å². The molecule has 20 heavy (non-hydrogen) atoms. The van der Waals surface area contributed by atoms with Crippen LogP contribution in [0.25, 0.3) is 0 Å². The van der Waals surface area contributed by atoms with Gasteiger partial charge in [-0.05, 0) is 41.9 Å². The molecule has 1 aromatic carbocycles. The van der Waals surface area contributed by atoms with Crippen molar-refractivity contribution in [1.29, 1.82) is 0 Å². The van der Waals surface area contributed by atoms with Crippen LogP contribution >= 0.6 is 15.9 Å². The molecular formula is C15H19BrFN3. The zero-order chi connectivity index (χ0) is 14.7. The lowest BCUT2D eigenvalue weighted by atomic mass is 10.0. The second kappa shape index (κ2) is 6.50. The first-order valence-electron chi connectivity index (χ1n) is 6.79. The van der Waals surface area contributed by atoms with Crippen LogP contribution in [-0.4, -0.2) is 16.3 Å². The molecule has 0 saturated carbocycles. The Morgan fingerprint density at radius 1 is 1.40 bits per heavy atom. The van der Waals surface area contributed by atoms with Gasteiger partial charge in [0.15, 0.2) is 0 Å². The Morgan fingerprint density at radius 3 is 2.80 bits per heavy atom. The van der Waals surface area contributed by atoms with Crippen LogP contribution in [0.1, 0.15) is 36.7 Å². The second-order valence-electron chi connectivity index (χ2n) is 4.66. The van der Waals surface area contributed by atoms with Crippen molar-refractivity contribution >= 4 is 15.9 Å². The average molecular weight is 340 g/mol. The fourth-order valence-electron chi connectivity index (χ4n) is 2.36. The van der Waals surface area contributed by atoms with Crippen LogP contribution in [-0.2, 0) is 6.54 Å². The highest BCUT2D eigenvalue weighted by atomic mass is 79.9. The molecule has 2 rings (SSSR count). The summed E-state index contributed by atoms with van der Waals surface area (Å²) in [7, 11) is 0.